The van der Waals surface area contributed by atoms with E-state index in [1.165, 1.54) is 0 Å². The summed E-state index contributed by atoms with van der Waals surface area (Å²) in [5.74, 6) is -0.878. The van der Waals surface area contributed by atoms with Crippen molar-refractivity contribution < 1.29 is 9.59 Å². The van der Waals surface area contributed by atoms with Gasteiger partial charge in [0, 0.05) is 32.7 Å². The predicted octanol–water partition coefficient (Wildman–Crippen LogP) is -0.0294. The Hall–Kier alpha value is -1.10. The van der Waals surface area contributed by atoms with Crippen LogP contribution in [-0.4, -0.2) is 49.4 Å². The van der Waals surface area contributed by atoms with Crippen molar-refractivity contribution in [3.63, 3.8) is 0 Å². The highest BCUT2D eigenvalue weighted by molar-refractivity contribution is 6.35. The molecular formula is C12H23N3O2. The third-order valence-corrected chi connectivity index (χ3v) is 2.76. The monoisotopic (exact) mass is 241 g/mol. The largest absolute Gasteiger partial charge is 0.348 e. The van der Waals surface area contributed by atoms with Gasteiger partial charge in [-0.15, -0.1) is 0 Å². The summed E-state index contributed by atoms with van der Waals surface area (Å²) in [6, 6.07) is 0. The molecule has 0 aliphatic carbocycles. The Balaban J connectivity index is 2.29. The number of rotatable bonds is 2. The van der Waals surface area contributed by atoms with Crippen molar-refractivity contribution >= 4 is 11.8 Å². The van der Waals surface area contributed by atoms with E-state index < -0.39 is 11.8 Å². The van der Waals surface area contributed by atoms with E-state index in [0.29, 0.717) is 19.6 Å². The molecule has 17 heavy (non-hydrogen) atoms. The first-order valence-electron chi connectivity index (χ1n) is 6.18. The lowest BCUT2D eigenvalue weighted by molar-refractivity contribution is -0.146. The number of nitrogens with one attached hydrogen (secondary N) is 2. The quantitative estimate of drug-likeness (QED) is 0.667. The predicted molar refractivity (Wildman–Crippen MR) is 66.5 cm³/mol. The van der Waals surface area contributed by atoms with Crippen LogP contribution in [0.3, 0.4) is 0 Å². The maximum atomic E-state index is 11.7. The molecule has 0 aromatic heterocycles. The number of carbonyl (C=O) groups is 2. The zero-order valence-electron chi connectivity index (χ0n) is 11.0. The van der Waals surface area contributed by atoms with Crippen LogP contribution in [0.5, 0.6) is 0 Å². The standard InChI is InChI=1S/C12H23N3O2/c1-12(2,3)4-5-14-10(16)11(17)15-8-6-13-7-9-15/h13H,4-9H2,1-3H3,(H,14,16). The molecule has 1 saturated heterocycles. The van der Waals surface area contributed by atoms with Gasteiger partial charge in [0.1, 0.15) is 0 Å². The van der Waals surface area contributed by atoms with Gasteiger partial charge in [0.15, 0.2) is 0 Å². The van der Waals surface area contributed by atoms with Gasteiger partial charge in [-0.3, -0.25) is 9.59 Å². The first kappa shape index (κ1) is 14.0. The van der Waals surface area contributed by atoms with E-state index in [1.54, 1.807) is 4.90 Å². The summed E-state index contributed by atoms with van der Waals surface area (Å²) in [6.07, 6.45) is 0.869. The SMILES string of the molecule is CC(C)(C)CCNC(=O)C(=O)N1CCNCC1. The highest BCUT2D eigenvalue weighted by Gasteiger charge is 2.23. The fraction of sp³-hybridized carbons (Fsp3) is 0.833. The van der Waals surface area contributed by atoms with Crippen molar-refractivity contribution in [2.24, 2.45) is 5.41 Å². The average Bonchev–Trinajstić information content (AvgIpc) is 2.27. The molecule has 5 nitrogen and oxygen atoms in total. The molecular weight excluding hydrogens is 218 g/mol. The van der Waals surface area contributed by atoms with Crippen molar-refractivity contribution in [1.29, 1.82) is 0 Å². The lowest BCUT2D eigenvalue weighted by Crippen LogP contribution is -2.51. The minimum atomic E-state index is -0.476. The van der Waals surface area contributed by atoms with E-state index >= 15 is 0 Å². The molecule has 0 aromatic rings. The molecule has 1 aliphatic heterocycles. The van der Waals surface area contributed by atoms with Gasteiger partial charge in [0.05, 0.1) is 0 Å². The topological polar surface area (TPSA) is 61.4 Å². The molecule has 0 aromatic carbocycles. The van der Waals surface area contributed by atoms with E-state index in [1.807, 2.05) is 0 Å². The molecule has 1 heterocycles. The molecule has 0 unspecified atom stereocenters. The minimum absolute atomic E-state index is 0.172. The van der Waals surface area contributed by atoms with Gasteiger partial charge in [0.2, 0.25) is 0 Å². The summed E-state index contributed by atoms with van der Waals surface area (Å²) in [5.41, 5.74) is 0.172. The second kappa shape index (κ2) is 6.00. The van der Waals surface area contributed by atoms with Gasteiger partial charge in [-0.2, -0.15) is 0 Å². The third kappa shape index (κ3) is 5.17. The second-order valence-corrected chi connectivity index (χ2v) is 5.61. The van der Waals surface area contributed by atoms with E-state index in [9.17, 15) is 9.59 Å². The molecule has 0 atom stereocenters. The van der Waals surface area contributed by atoms with Crippen molar-refractivity contribution in [2.45, 2.75) is 27.2 Å². The van der Waals surface area contributed by atoms with Crippen LogP contribution in [0, 0.1) is 5.41 Å². The van der Waals surface area contributed by atoms with Crippen LogP contribution in [0.1, 0.15) is 27.2 Å². The van der Waals surface area contributed by atoms with Gasteiger partial charge in [-0.1, -0.05) is 20.8 Å². The zero-order chi connectivity index (χ0) is 12.9. The number of hydrogen-bond donors (Lipinski definition) is 2. The molecule has 2 amide bonds. The lowest BCUT2D eigenvalue weighted by atomic mass is 9.92. The molecule has 1 fully saturated rings. The lowest BCUT2D eigenvalue weighted by Gasteiger charge is -2.27. The summed E-state index contributed by atoms with van der Waals surface area (Å²) < 4.78 is 0. The zero-order valence-corrected chi connectivity index (χ0v) is 11.0. The Bertz CT molecular complexity index is 278. The molecule has 1 aliphatic rings. The number of piperazine rings is 1. The average molecular weight is 241 g/mol. The van der Waals surface area contributed by atoms with Crippen LogP contribution in [0.4, 0.5) is 0 Å². The Morgan fingerprint density at radius 1 is 1.24 bits per heavy atom. The second-order valence-electron chi connectivity index (χ2n) is 5.61. The Morgan fingerprint density at radius 3 is 2.35 bits per heavy atom. The fourth-order valence-corrected chi connectivity index (χ4v) is 1.64. The fourth-order valence-electron chi connectivity index (χ4n) is 1.64. The summed E-state index contributed by atoms with van der Waals surface area (Å²) in [6.45, 7) is 9.64. The van der Waals surface area contributed by atoms with E-state index in [-0.39, 0.29) is 5.41 Å². The molecule has 0 radical (unpaired) electrons. The van der Waals surface area contributed by atoms with Crippen LogP contribution in [0.2, 0.25) is 0 Å². The number of carbonyl (C=O) groups excluding carboxylic acids is 2. The van der Waals surface area contributed by atoms with Crippen LogP contribution in [0.15, 0.2) is 0 Å². The molecule has 2 N–H and O–H groups in total. The van der Waals surface area contributed by atoms with Crippen LogP contribution in [0.25, 0.3) is 0 Å². The Morgan fingerprint density at radius 2 is 1.82 bits per heavy atom. The number of nitrogens with zero attached hydrogens (tertiary/aromatic N) is 1. The van der Waals surface area contributed by atoms with E-state index in [4.69, 9.17) is 0 Å². The van der Waals surface area contributed by atoms with E-state index in [0.717, 1.165) is 19.5 Å². The maximum absolute atomic E-state index is 11.7. The first-order valence-corrected chi connectivity index (χ1v) is 6.18. The molecule has 0 bridgehead atoms. The summed E-state index contributed by atoms with van der Waals surface area (Å²) >= 11 is 0. The van der Waals surface area contributed by atoms with Crippen molar-refractivity contribution in [1.82, 2.24) is 15.5 Å². The molecule has 1 rings (SSSR count). The third-order valence-electron chi connectivity index (χ3n) is 2.76. The van der Waals surface area contributed by atoms with Crippen molar-refractivity contribution in [3.05, 3.63) is 0 Å². The van der Waals surface area contributed by atoms with Gasteiger partial charge in [-0.25, -0.2) is 0 Å². The molecule has 0 saturated carbocycles. The number of amides is 2. The summed E-state index contributed by atoms with van der Waals surface area (Å²) in [4.78, 5) is 24.9. The molecule has 98 valence electrons. The Kier molecular flexibility index (Phi) is 4.93. The van der Waals surface area contributed by atoms with Crippen molar-refractivity contribution in [3.8, 4) is 0 Å². The maximum Gasteiger partial charge on any atom is 0.311 e. The minimum Gasteiger partial charge on any atom is -0.348 e. The summed E-state index contributed by atoms with van der Waals surface area (Å²) in [7, 11) is 0. The molecule has 0 spiro atoms. The van der Waals surface area contributed by atoms with Crippen LogP contribution < -0.4 is 10.6 Å². The smallest absolute Gasteiger partial charge is 0.311 e. The molecule has 5 heteroatoms. The highest BCUT2D eigenvalue weighted by Crippen LogP contribution is 2.16. The van der Waals surface area contributed by atoms with Crippen molar-refractivity contribution in [2.75, 3.05) is 32.7 Å². The van der Waals surface area contributed by atoms with Crippen LogP contribution in [-0.2, 0) is 9.59 Å². The van der Waals surface area contributed by atoms with Gasteiger partial charge >= 0.3 is 11.8 Å². The van der Waals surface area contributed by atoms with Gasteiger partial charge < -0.3 is 15.5 Å². The normalized spacial score (nSPS) is 16.8. The van der Waals surface area contributed by atoms with Crippen LogP contribution >= 0.6 is 0 Å². The van der Waals surface area contributed by atoms with Gasteiger partial charge in [0.25, 0.3) is 0 Å². The van der Waals surface area contributed by atoms with E-state index in [2.05, 4.69) is 31.4 Å². The van der Waals surface area contributed by atoms with Gasteiger partial charge in [-0.05, 0) is 11.8 Å². The Labute approximate surface area is 103 Å². The highest BCUT2D eigenvalue weighted by atomic mass is 16.2. The first-order chi connectivity index (χ1) is 7.90. The summed E-state index contributed by atoms with van der Waals surface area (Å²) in [5, 5.41) is 5.83. The number of hydrogen-bond acceptors (Lipinski definition) is 3.